The zero-order valence-corrected chi connectivity index (χ0v) is 11.2. The molecule has 0 aliphatic rings. The molecular weight excluding hydrogens is 310 g/mol. The second-order valence-corrected chi connectivity index (χ2v) is 4.81. The number of rotatable bonds is 2. The third kappa shape index (κ3) is 2.00. The van der Waals surface area contributed by atoms with E-state index in [9.17, 15) is 4.79 Å². The number of fused-ring (bicyclic) bond motifs is 1. The zero-order chi connectivity index (χ0) is 13.4. The van der Waals surface area contributed by atoms with Crippen molar-refractivity contribution in [2.24, 2.45) is 0 Å². The lowest BCUT2D eigenvalue weighted by molar-refractivity contribution is 0.0697. The smallest absolute Gasteiger partial charge is 0.335 e. The van der Waals surface area contributed by atoms with Crippen LogP contribution < -0.4 is 0 Å². The van der Waals surface area contributed by atoms with Crippen LogP contribution in [0.3, 0.4) is 0 Å². The molecule has 2 aromatic heterocycles. The number of aromatic nitrogens is 3. The summed E-state index contributed by atoms with van der Waals surface area (Å²) in [5.41, 5.74) is 1.60. The highest BCUT2D eigenvalue weighted by Gasteiger charge is 2.12. The van der Waals surface area contributed by atoms with Crippen molar-refractivity contribution >= 4 is 27.5 Å². The zero-order valence-electron chi connectivity index (χ0n) is 9.62. The Morgan fingerprint density at radius 3 is 2.74 bits per heavy atom. The number of hydrogen-bond acceptors (Lipinski definition) is 3. The van der Waals surface area contributed by atoms with E-state index in [1.807, 2.05) is 24.3 Å². The minimum atomic E-state index is -0.979. The van der Waals surface area contributed by atoms with E-state index >= 15 is 0 Å². The Balaban J connectivity index is 2.22. The maximum atomic E-state index is 10.9. The predicted octanol–water partition coefficient (Wildman–Crippen LogP) is 2.86. The SMILES string of the molecule is O=C(O)c1ccn2c(-c3ccccc3Br)nnc2c1. The first kappa shape index (κ1) is 11.9. The van der Waals surface area contributed by atoms with E-state index in [0.29, 0.717) is 11.5 Å². The van der Waals surface area contributed by atoms with Crippen molar-refractivity contribution in [1.29, 1.82) is 0 Å². The molecule has 5 nitrogen and oxygen atoms in total. The maximum Gasteiger partial charge on any atom is 0.335 e. The lowest BCUT2D eigenvalue weighted by Crippen LogP contribution is -1.98. The average molecular weight is 318 g/mol. The van der Waals surface area contributed by atoms with Gasteiger partial charge < -0.3 is 5.11 Å². The van der Waals surface area contributed by atoms with Gasteiger partial charge in [-0.1, -0.05) is 34.1 Å². The summed E-state index contributed by atoms with van der Waals surface area (Å²) in [7, 11) is 0. The van der Waals surface area contributed by atoms with E-state index in [0.717, 1.165) is 10.0 Å². The standard InChI is InChI=1S/C13H8BrN3O2/c14-10-4-2-1-3-9(10)12-16-15-11-7-8(13(18)19)5-6-17(11)12/h1-7H,(H,18,19). The molecule has 0 fully saturated rings. The number of pyridine rings is 1. The van der Waals surface area contributed by atoms with Crippen LogP contribution in [0.4, 0.5) is 0 Å². The van der Waals surface area contributed by atoms with Crippen LogP contribution in [0.5, 0.6) is 0 Å². The number of carbonyl (C=O) groups is 1. The lowest BCUT2D eigenvalue weighted by atomic mass is 10.2. The van der Waals surface area contributed by atoms with Crippen molar-refractivity contribution in [2.45, 2.75) is 0 Å². The number of halogens is 1. The highest BCUT2D eigenvalue weighted by atomic mass is 79.9. The molecule has 0 bridgehead atoms. The minimum Gasteiger partial charge on any atom is -0.478 e. The van der Waals surface area contributed by atoms with Gasteiger partial charge in [-0.15, -0.1) is 10.2 Å². The molecule has 1 N–H and O–H groups in total. The number of benzene rings is 1. The molecule has 0 spiro atoms. The molecule has 0 aliphatic carbocycles. The number of carboxylic acids is 1. The Morgan fingerprint density at radius 2 is 2.00 bits per heavy atom. The molecule has 1 aromatic carbocycles. The van der Waals surface area contributed by atoms with Gasteiger partial charge >= 0.3 is 5.97 Å². The van der Waals surface area contributed by atoms with Crippen LogP contribution >= 0.6 is 15.9 Å². The molecule has 3 rings (SSSR count). The van der Waals surface area contributed by atoms with Crippen molar-refractivity contribution in [2.75, 3.05) is 0 Å². The van der Waals surface area contributed by atoms with E-state index in [1.165, 1.54) is 12.1 Å². The molecule has 0 atom stereocenters. The summed E-state index contributed by atoms with van der Waals surface area (Å²) < 4.78 is 2.67. The molecule has 0 amide bonds. The van der Waals surface area contributed by atoms with Gasteiger partial charge in [0.25, 0.3) is 0 Å². The largest absolute Gasteiger partial charge is 0.478 e. The van der Waals surface area contributed by atoms with Gasteiger partial charge in [0.05, 0.1) is 5.56 Å². The van der Waals surface area contributed by atoms with Crippen LogP contribution in [0.25, 0.3) is 17.0 Å². The second kappa shape index (κ2) is 4.47. The van der Waals surface area contributed by atoms with Crippen molar-refractivity contribution in [3.8, 4) is 11.4 Å². The molecule has 0 saturated carbocycles. The monoisotopic (exact) mass is 317 g/mol. The van der Waals surface area contributed by atoms with Crippen LogP contribution in [0.1, 0.15) is 10.4 Å². The number of nitrogens with zero attached hydrogens (tertiary/aromatic N) is 3. The van der Waals surface area contributed by atoms with Gasteiger partial charge in [0.15, 0.2) is 11.5 Å². The molecule has 0 radical (unpaired) electrons. The molecule has 6 heteroatoms. The van der Waals surface area contributed by atoms with Crippen molar-refractivity contribution < 1.29 is 9.90 Å². The summed E-state index contributed by atoms with van der Waals surface area (Å²) >= 11 is 3.47. The highest BCUT2D eigenvalue weighted by Crippen LogP contribution is 2.26. The van der Waals surface area contributed by atoms with Crippen molar-refractivity contribution in [3.63, 3.8) is 0 Å². The van der Waals surface area contributed by atoms with E-state index in [-0.39, 0.29) is 5.56 Å². The van der Waals surface area contributed by atoms with Crippen LogP contribution in [-0.2, 0) is 0 Å². The topological polar surface area (TPSA) is 67.5 Å². The third-order valence-corrected chi connectivity index (χ3v) is 3.46. The number of hydrogen-bond donors (Lipinski definition) is 1. The Labute approximate surface area is 116 Å². The van der Waals surface area contributed by atoms with Gasteiger partial charge in [0.1, 0.15) is 0 Å². The van der Waals surface area contributed by atoms with Crippen LogP contribution in [0.15, 0.2) is 47.1 Å². The molecule has 94 valence electrons. The maximum absolute atomic E-state index is 10.9. The van der Waals surface area contributed by atoms with Crippen LogP contribution in [0.2, 0.25) is 0 Å². The first-order valence-corrected chi connectivity index (χ1v) is 6.29. The average Bonchev–Trinajstić information content (AvgIpc) is 2.82. The fraction of sp³-hybridized carbons (Fsp3) is 0. The molecule has 0 saturated heterocycles. The van der Waals surface area contributed by atoms with E-state index in [2.05, 4.69) is 26.1 Å². The Bertz CT molecular complexity index is 782. The van der Waals surface area contributed by atoms with Gasteiger partial charge in [-0.25, -0.2) is 4.79 Å². The Kier molecular flexibility index (Phi) is 2.79. The van der Waals surface area contributed by atoms with E-state index in [4.69, 9.17) is 5.11 Å². The second-order valence-electron chi connectivity index (χ2n) is 3.95. The lowest BCUT2D eigenvalue weighted by Gasteiger charge is -2.02. The van der Waals surface area contributed by atoms with Gasteiger partial charge in [-0.3, -0.25) is 4.40 Å². The molecule has 0 aliphatic heterocycles. The predicted molar refractivity (Wildman–Crippen MR) is 73.1 cm³/mol. The fourth-order valence-electron chi connectivity index (χ4n) is 1.85. The minimum absolute atomic E-state index is 0.193. The quantitative estimate of drug-likeness (QED) is 0.789. The number of aromatic carboxylic acids is 1. The summed E-state index contributed by atoms with van der Waals surface area (Å²) in [5, 5.41) is 17.1. The van der Waals surface area contributed by atoms with Crippen LogP contribution in [-0.4, -0.2) is 25.7 Å². The van der Waals surface area contributed by atoms with E-state index in [1.54, 1.807) is 10.6 Å². The molecule has 2 heterocycles. The Morgan fingerprint density at radius 1 is 1.21 bits per heavy atom. The van der Waals surface area contributed by atoms with Crippen molar-refractivity contribution in [3.05, 3.63) is 52.6 Å². The highest BCUT2D eigenvalue weighted by molar-refractivity contribution is 9.10. The van der Waals surface area contributed by atoms with Gasteiger partial charge in [0.2, 0.25) is 0 Å². The molecular formula is C13H8BrN3O2. The number of carboxylic acid groups (broad SMARTS) is 1. The summed E-state index contributed by atoms with van der Waals surface area (Å²) in [5.74, 6) is -0.313. The fourth-order valence-corrected chi connectivity index (χ4v) is 2.31. The molecule has 19 heavy (non-hydrogen) atoms. The molecule has 0 unspecified atom stereocenters. The van der Waals surface area contributed by atoms with E-state index < -0.39 is 5.97 Å². The summed E-state index contributed by atoms with van der Waals surface area (Å²) in [6, 6.07) is 10.7. The summed E-state index contributed by atoms with van der Waals surface area (Å²) in [6.07, 6.45) is 1.66. The van der Waals surface area contributed by atoms with Gasteiger partial charge in [-0.2, -0.15) is 0 Å². The summed E-state index contributed by atoms with van der Waals surface area (Å²) in [4.78, 5) is 10.9. The first-order chi connectivity index (χ1) is 9.16. The van der Waals surface area contributed by atoms with Gasteiger partial charge in [0, 0.05) is 16.2 Å². The van der Waals surface area contributed by atoms with Crippen LogP contribution in [0, 0.1) is 0 Å². The van der Waals surface area contributed by atoms with Crippen molar-refractivity contribution in [1.82, 2.24) is 14.6 Å². The summed E-state index contributed by atoms with van der Waals surface area (Å²) in [6.45, 7) is 0. The third-order valence-electron chi connectivity index (χ3n) is 2.77. The Hall–Kier alpha value is -2.21. The molecule has 3 aromatic rings. The first-order valence-electron chi connectivity index (χ1n) is 5.50. The normalized spacial score (nSPS) is 10.8. The van der Waals surface area contributed by atoms with Gasteiger partial charge in [-0.05, 0) is 18.2 Å².